The summed E-state index contributed by atoms with van der Waals surface area (Å²) in [6, 6.07) is 71.4. The minimum atomic E-state index is -0.228. The van der Waals surface area contributed by atoms with Crippen molar-refractivity contribution >= 4 is 55.7 Å². The molecule has 0 unspecified atom stereocenters. The van der Waals surface area contributed by atoms with E-state index in [0.717, 1.165) is 11.4 Å². The van der Waals surface area contributed by atoms with Gasteiger partial charge in [0.05, 0.1) is 11.4 Å². The van der Waals surface area contributed by atoms with Crippen LogP contribution < -0.4 is 9.80 Å². The van der Waals surface area contributed by atoms with E-state index in [4.69, 9.17) is 0 Å². The first kappa shape index (κ1) is 34.4. The smallest absolute Gasteiger partial charge is 0.0540 e. The maximum Gasteiger partial charge on any atom is 0.0540 e. The molecule has 0 atom stereocenters. The number of nitrogens with zero attached hydrogens (tertiary/aromatic N) is 2. The zero-order valence-electron chi connectivity index (χ0n) is 33.4. The van der Waals surface area contributed by atoms with Gasteiger partial charge in [-0.3, -0.25) is 0 Å². The SMILES string of the molecule is CC1(C)c2cc(N(c3ccccc3)c3cccc4ccccc34)ccc2-c2ccc3c(c21)C(C)(C)c1cc(N(c2ccccc2)c2cccc4ccccc24)ccc1-3. The number of anilines is 6. The van der Waals surface area contributed by atoms with Crippen LogP contribution in [0.4, 0.5) is 34.1 Å². The number of para-hydroxylation sites is 2. The van der Waals surface area contributed by atoms with Crippen molar-refractivity contribution in [2.24, 2.45) is 0 Å². The van der Waals surface area contributed by atoms with Crippen molar-refractivity contribution in [1.29, 1.82) is 0 Å². The lowest BCUT2D eigenvalue weighted by Gasteiger charge is -2.32. The van der Waals surface area contributed by atoms with Crippen LogP contribution in [-0.2, 0) is 10.8 Å². The molecule has 0 aromatic heterocycles. The third-order valence-corrected chi connectivity index (χ3v) is 12.9. The minimum Gasteiger partial charge on any atom is -0.310 e. The highest BCUT2D eigenvalue weighted by molar-refractivity contribution is 6.01. The van der Waals surface area contributed by atoms with Crippen LogP contribution in [0, 0.1) is 0 Å². The fraction of sp³-hybridized carbons (Fsp3) is 0.107. The van der Waals surface area contributed by atoms with Crippen LogP contribution >= 0.6 is 0 Å². The Kier molecular flexibility index (Phi) is 7.59. The first-order valence-electron chi connectivity index (χ1n) is 20.4. The van der Waals surface area contributed by atoms with Crippen LogP contribution in [0.25, 0.3) is 43.8 Å². The summed E-state index contributed by atoms with van der Waals surface area (Å²) in [4.78, 5) is 4.86. The first-order valence-corrected chi connectivity index (χ1v) is 20.4. The number of fused-ring (bicyclic) bond motifs is 9. The van der Waals surface area contributed by atoms with Crippen LogP contribution in [-0.4, -0.2) is 0 Å². The molecule has 0 saturated carbocycles. The molecule has 0 heterocycles. The van der Waals surface area contributed by atoms with Crippen LogP contribution in [0.5, 0.6) is 0 Å². The Morgan fingerprint density at radius 1 is 0.310 bits per heavy atom. The van der Waals surface area contributed by atoms with E-state index >= 15 is 0 Å². The molecule has 2 aliphatic rings. The average molecular weight is 745 g/mol. The number of rotatable bonds is 6. The Morgan fingerprint density at radius 3 is 1.10 bits per heavy atom. The van der Waals surface area contributed by atoms with Gasteiger partial charge in [0.15, 0.2) is 0 Å². The van der Waals surface area contributed by atoms with Gasteiger partial charge in [0, 0.05) is 44.4 Å². The second-order valence-corrected chi connectivity index (χ2v) is 17.0. The summed E-state index contributed by atoms with van der Waals surface area (Å²) < 4.78 is 0. The normalized spacial score (nSPS) is 14.1. The zero-order valence-corrected chi connectivity index (χ0v) is 33.4. The van der Waals surface area contributed by atoms with E-state index in [9.17, 15) is 0 Å². The molecule has 0 fully saturated rings. The van der Waals surface area contributed by atoms with Crippen molar-refractivity contribution in [2.45, 2.75) is 38.5 Å². The van der Waals surface area contributed by atoms with Gasteiger partial charge >= 0.3 is 0 Å². The lowest BCUT2D eigenvalue weighted by molar-refractivity contribution is 0.601. The lowest BCUT2D eigenvalue weighted by atomic mass is 9.72. The minimum absolute atomic E-state index is 0.228. The molecule has 0 aliphatic heterocycles. The standard InChI is InChI=1S/C56H44N2/c1-55(2)49-35-41(57(39-21-7-5-8-22-39)51-27-15-19-37-17-11-13-25-43(37)51)29-31-45(49)47-33-34-48-46-32-30-42(36-50(46)56(3,4)54(48)53(47)55)58(40-23-9-6-10-24-40)52-28-16-20-38-18-12-14-26-44(38)52/h5-36H,1-4H3. The van der Waals surface area contributed by atoms with E-state index in [1.807, 2.05) is 0 Å². The molecule has 9 aromatic carbocycles. The van der Waals surface area contributed by atoms with Gasteiger partial charge in [0.25, 0.3) is 0 Å². The third-order valence-electron chi connectivity index (χ3n) is 12.9. The number of hydrogen-bond donors (Lipinski definition) is 0. The molecule has 11 rings (SSSR count). The number of hydrogen-bond acceptors (Lipinski definition) is 2. The van der Waals surface area contributed by atoms with Gasteiger partial charge in [-0.2, -0.15) is 0 Å². The summed E-state index contributed by atoms with van der Waals surface area (Å²) in [6.07, 6.45) is 0. The predicted octanol–water partition coefficient (Wildman–Crippen LogP) is 15.5. The molecule has 9 aromatic rings. The van der Waals surface area contributed by atoms with E-state index < -0.39 is 0 Å². The van der Waals surface area contributed by atoms with E-state index in [0.29, 0.717) is 0 Å². The molecule has 58 heavy (non-hydrogen) atoms. The van der Waals surface area contributed by atoms with Gasteiger partial charge in [-0.1, -0.05) is 161 Å². The fourth-order valence-corrected chi connectivity index (χ4v) is 10.3. The van der Waals surface area contributed by atoms with Gasteiger partial charge in [0.1, 0.15) is 0 Å². The molecule has 0 radical (unpaired) electrons. The summed E-state index contributed by atoms with van der Waals surface area (Å²) in [5.74, 6) is 0. The zero-order chi connectivity index (χ0) is 39.2. The first-order chi connectivity index (χ1) is 28.3. The maximum absolute atomic E-state index is 2.46. The molecule has 2 aliphatic carbocycles. The quantitative estimate of drug-likeness (QED) is 0.167. The molecule has 2 heteroatoms. The Morgan fingerprint density at radius 2 is 0.672 bits per heavy atom. The van der Waals surface area contributed by atoms with E-state index in [1.165, 1.54) is 88.8 Å². The van der Waals surface area contributed by atoms with Gasteiger partial charge < -0.3 is 9.80 Å². The second-order valence-electron chi connectivity index (χ2n) is 17.0. The molecule has 0 bridgehead atoms. The van der Waals surface area contributed by atoms with Crippen molar-refractivity contribution in [3.8, 4) is 22.3 Å². The van der Waals surface area contributed by atoms with Crippen LogP contribution in [0.2, 0.25) is 0 Å². The monoisotopic (exact) mass is 744 g/mol. The summed E-state index contributed by atoms with van der Waals surface area (Å²) in [6.45, 7) is 9.76. The van der Waals surface area contributed by atoms with Gasteiger partial charge in [-0.25, -0.2) is 0 Å². The Bertz CT molecular complexity index is 2850. The van der Waals surface area contributed by atoms with E-state index in [1.54, 1.807) is 0 Å². The van der Waals surface area contributed by atoms with Crippen LogP contribution in [0.15, 0.2) is 194 Å². The Hall–Kier alpha value is -6.90. The topological polar surface area (TPSA) is 6.48 Å². The lowest BCUT2D eigenvalue weighted by Crippen LogP contribution is -2.24. The van der Waals surface area contributed by atoms with E-state index in [2.05, 4.69) is 232 Å². The number of benzene rings is 9. The highest BCUT2D eigenvalue weighted by Crippen LogP contribution is 2.60. The van der Waals surface area contributed by atoms with E-state index in [-0.39, 0.29) is 10.8 Å². The van der Waals surface area contributed by atoms with Crippen molar-refractivity contribution in [1.82, 2.24) is 0 Å². The summed E-state index contributed by atoms with van der Waals surface area (Å²) in [5, 5.41) is 4.94. The molecule has 278 valence electrons. The Balaban J connectivity index is 1.05. The van der Waals surface area contributed by atoms with Gasteiger partial charge in [-0.05, 0) is 116 Å². The largest absolute Gasteiger partial charge is 0.310 e. The average Bonchev–Trinajstić information content (AvgIpc) is 3.63. The Labute approximate surface area is 341 Å². The molecule has 2 nitrogen and oxygen atoms in total. The van der Waals surface area contributed by atoms with Crippen molar-refractivity contribution in [3.05, 3.63) is 216 Å². The second kappa shape index (κ2) is 12.8. The third kappa shape index (κ3) is 5.04. The molecular formula is C56H44N2. The van der Waals surface area contributed by atoms with Gasteiger partial charge in [-0.15, -0.1) is 0 Å². The van der Waals surface area contributed by atoms with Crippen molar-refractivity contribution in [3.63, 3.8) is 0 Å². The van der Waals surface area contributed by atoms with Crippen LogP contribution in [0.1, 0.15) is 49.9 Å². The van der Waals surface area contributed by atoms with Gasteiger partial charge in [0.2, 0.25) is 0 Å². The van der Waals surface area contributed by atoms with Crippen molar-refractivity contribution < 1.29 is 0 Å². The highest BCUT2D eigenvalue weighted by Gasteiger charge is 2.46. The highest BCUT2D eigenvalue weighted by atomic mass is 15.1. The summed E-state index contributed by atoms with van der Waals surface area (Å²) >= 11 is 0. The summed E-state index contributed by atoms with van der Waals surface area (Å²) in [7, 11) is 0. The van der Waals surface area contributed by atoms with Crippen LogP contribution in [0.3, 0.4) is 0 Å². The molecule has 0 saturated heterocycles. The maximum atomic E-state index is 2.46. The predicted molar refractivity (Wildman–Crippen MR) is 246 cm³/mol. The molecule has 0 spiro atoms. The molecule has 0 amide bonds. The molecular weight excluding hydrogens is 701 g/mol. The summed E-state index contributed by atoms with van der Waals surface area (Å²) in [5.41, 5.74) is 17.5. The molecule has 0 N–H and O–H groups in total. The fourth-order valence-electron chi connectivity index (χ4n) is 10.3. The van der Waals surface area contributed by atoms with Crippen molar-refractivity contribution in [2.75, 3.05) is 9.80 Å².